The lowest BCUT2D eigenvalue weighted by atomic mass is 10.1. The Hall–Kier alpha value is -2.34. The molecule has 6 heteroatoms. The summed E-state index contributed by atoms with van der Waals surface area (Å²) in [5, 5.41) is 18.8. The number of aryl methyl sites for hydroxylation is 1. The number of sulfone groups is 1. The second kappa shape index (κ2) is 5.57. The van der Waals surface area contributed by atoms with E-state index in [0.29, 0.717) is 0 Å². The van der Waals surface area contributed by atoms with Crippen molar-refractivity contribution in [3.8, 4) is 11.5 Å². The van der Waals surface area contributed by atoms with Gasteiger partial charge in [-0.25, -0.2) is 8.42 Å². The van der Waals surface area contributed by atoms with E-state index in [1.807, 2.05) is 6.92 Å². The van der Waals surface area contributed by atoms with E-state index in [-0.39, 0.29) is 16.2 Å². The molecule has 0 amide bonds. The largest absolute Gasteiger partial charge is 0.508 e. The average molecular weight is 306 g/mol. The van der Waals surface area contributed by atoms with Crippen LogP contribution in [0.4, 0.5) is 0 Å². The third-order valence-corrected chi connectivity index (χ3v) is 4.62. The van der Waals surface area contributed by atoms with Crippen molar-refractivity contribution < 1.29 is 23.4 Å². The molecule has 0 aromatic heterocycles. The topological polar surface area (TPSA) is 91.7 Å². The molecule has 0 aliphatic carbocycles. The monoisotopic (exact) mass is 306 g/mol. The molecule has 0 spiro atoms. The summed E-state index contributed by atoms with van der Waals surface area (Å²) in [6.07, 6.45) is 0. The average Bonchev–Trinajstić information content (AvgIpc) is 2.38. The van der Waals surface area contributed by atoms with E-state index >= 15 is 0 Å². The first-order valence-corrected chi connectivity index (χ1v) is 7.79. The van der Waals surface area contributed by atoms with Gasteiger partial charge >= 0.3 is 0 Å². The van der Waals surface area contributed by atoms with Gasteiger partial charge in [0.05, 0.1) is 10.5 Å². The summed E-state index contributed by atoms with van der Waals surface area (Å²) in [7, 11) is -3.77. The standard InChI is InChI=1S/C15H14O5S/c1-10-2-5-12(6-3-10)21(19,20)9-15(18)13-7-4-11(16)8-14(13)17/h2-8,16-17H,9H2,1H3. The first-order chi connectivity index (χ1) is 9.79. The summed E-state index contributed by atoms with van der Waals surface area (Å²) in [5.74, 6) is -2.12. The van der Waals surface area contributed by atoms with Crippen LogP contribution in [-0.2, 0) is 9.84 Å². The van der Waals surface area contributed by atoms with Gasteiger partial charge in [-0.2, -0.15) is 0 Å². The lowest BCUT2D eigenvalue weighted by molar-refractivity contribution is 0.101. The van der Waals surface area contributed by atoms with E-state index in [4.69, 9.17) is 5.11 Å². The molecule has 2 aromatic rings. The molecular weight excluding hydrogens is 292 g/mol. The molecule has 21 heavy (non-hydrogen) atoms. The van der Waals surface area contributed by atoms with Crippen LogP contribution in [-0.4, -0.2) is 30.2 Å². The van der Waals surface area contributed by atoms with Crippen molar-refractivity contribution in [2.24, 2.45) is 0 Å². The van der Waals surface area contributed by atoms with Crippen molar-refractivity contribution in [1.29, 1.82) is 0 Å². The molecule has 0 saturated heterocycles. The van der Waals surface area contributed by atoms with Crippen LogP contribution in [0.2, 0.25) is 0 Å². The highest BCUT2D eigenvalue weighted by Gasteiger charge is 2.22. The van der Waals surface area contributed by atoms with Crippen LogP contribution in [0, 0.1) is 6.92 Å². The number of carbonyl (C=O) groups excluding carboxylic acids is 1. The molecule has 0 aliphatic rings. The molecule has 2 N–H and O–H groups in total. The fourth-order valence-electron chi connectivity index (χ4n) is 1.84. The number of hydrogen-bond acceptors (Lipinski definition) is 5. The zero-order chi connectivity index (χ0) is 15.6. The minimum absolute atomic E-state index is 0.0553. The fourth-order valence-corrected chi connectivity index (χ4v) is 3.05. The summed E-state index contributed by atoms with van der Waals surface area (Å²) in [4.78, 5) is 12.1. The first kappa shape index (κ1) is 15.1. The number of phenols is 2. The minimum Gasteiger partial charge on any atom is -0.508 e. The quantitative estimate of drug-likeness (QED) is 0.844. The Labute approximate surface area is 122 Å². The molecule has 0 radical (unpaired) electrons. The van der Waals surface area contributed by atoms with Crippen molar-refractivity contribution >= 4 is 15.6 Å². The van der Waals surface area contributed by atoms with Crippen LogP contribution >= 0.6 is 0 Å². The number of rotatable bonds is 4. The number of carbonyl (C=O) groups is 1. The molecule has 2 aromatic carbocycles. The van der Waals surface area contributed by atoms with E-state index in [2.05, 4.69) is 0 Å². The zero-order valence-electron chi connectivity index (χ0n) is 11.3. The molecule has 0 heterocycles. The molecule has 0 saturated carbocycles. The molecule has 0 fully saturated rings. The van der Waals surface area contributed by atoms with Gasteiger partial charge in [0.15, 0.2) is 15.6 Å². The van der Waals surface area contributed by atoms with Crippen molar-refractivity contribution in [3.63, 3.8) is 0 Å². The third-order valence-electron chi connectivity index (χ3n) is 2.98. The van der Waals surface area contributed by atoms with Crippen LogP contribution < -0.4 is 0 Å². The minimum atomic E-state index is -3.77. The Morgan fingerprint density at radius 3 is 2.24 bits per heavy atom. The molecule has 0 unspecified atom stereocenters. The van der Waals surface area contributed by atoms with Crippen molar-refractivity contribution in [2.45, 2.75) is 11.8 Å². The predicted octanol–water partition coefficient (Wildman–Crippen LogP) is 2.06. The van der Waals surface area contributed by atoms with Gasteiger partial charge in [0.2, 0.25) is 0 Å². The predicted molar refractivity (Wildman–Crippen MR) is 77.3 cm³/mol. The summed E-state index contributed by atoms with van der Waals surface area (Å²) in [5.41, 5.74) is 0.778. The molecule has 110 valence electrons. The molecule has 0 atom stereocenters. The summed E-state index contributed by atoms with van der Waals surface area (Å²) < 4.78 is 24.3. The summed E-state index contributed by atoms with van der Waals surface area (Å²) in [6, 6.07) is 9.57. The zero-order valence-corrected chi connectivity index (χ0v) is 12.1. The van der Waals surface area contributed by atoms with Gasteiger partial charge in [-0.1, -0.05) is 17.7 Å². The molecule has 5 nitrogen and oxygen atoms in total. The second-order valence-corrected chi connectivity index (χ2v) is 6.69. The van der Waals surface area contributed by atoms with Crippen molar-refractivity contribution in [1.82, 2.24) is 0 Å². The van der Waals surface area contributed by atoms with E-state index in [1.165, 1.54) is 24.3 Å². The third kappa shape index (κ3) is 3.41. The van der Waals surface area contributed by atoms with Gasteiger partial charge in [-0.05, 0) is 31.2 Å². The number of Topliss-reactive ketones (excluding diaryl/α,β-unsaturated/α-hetero) is 1. The summed E-state index contributed by atoms with van der Waals surface area (Å²) >= 11 is 0. The highest BCUT2D eigenvalue weighted by atomic mass is 32.2. The van der Waals surface area contributed by atoms with Crippen molar-refractivity contribution in [3.05, 3.63) is 53.6 Å². The van der Waals surface area contributed by atoms with Crippen LogP contribution in [0.25, 0.3) is 0 Å². The van der Waals surface area contributed by atoms with Crippen molar-refractivity contribution in [2.75, 3.05) is 5.75 Å². The lowest BCUT2D eigenvalue weighted by Gasteiger charge is -2.06. The normalized spacial score (nSPS) is 11.3. The van der Waals surface area contributed by atoms with Gasteiger partial charge in [-0.15, -0.1) is 0 Å². The van der Waals surface area contributed by atoms with E-state index < -0.39 is 27.1 Å². The van der Waals surface area contributed by atoms with Gasteiger partial charge in [0.1, 0.15) is 17.3 Å². The number of phenolic OH excluding ortho intramolecular Hbond substituents is 2. The molecule has 0 aliphatic heterocycles. The van der Waals surface area contributed by atoms with Gasteiger partial charge < -0.3 is 10.2 Å². The molecular formula is C15H14O5S. The smallest absolute Gasteiger partial charge is 0.185 e. The van der Waals surface area contributed by atoms with Crippen LogP contribution in [0.1, 0.15) is 15.9 Å². The fraction of sp³-hybridized carbons (Fsp3) is 0.133. The van der Waals surface area contributed by atoms with E-state index in [0.717, 1.165) is 11.6 Å². The van der Waals surface area contributed by atoms with Gasteiger partial charge in [0.25, 0.3) is 0 Å². The molecule has 2 rings (SSSR count). The second-order valence-electron chi connectivity index (χ2n) is 4.70. The molecule has 0 bridgehead atoms. The van der Waals surface area contributed by atoms with Crippen LogP contribution in [0.5, 0.6) is 11.5 Å². The Morgan fingerprint density at radius 2 is 1.67 bits per heavy atom. The number of hydrogen-bond donors (Lipinski definition) is 2. The number of benzene rings is 2. The summed E-state index contributed by atoms with van der Waals surface area (Å²) in [6.45, 7) is 1.83. The SMILES string of the molecule is Cc1ccc(S(=O)(=O)CC(=O)c2ccc(O)cc2O)cc1. The van der Waals surface area contributed by atoms with Gasteiger partial charge in [0, 0.05) is 6.07 Å². The maximum atomic E-state index is 12.2. The Kier molecular flexibility index (Phi) is 3.99. The first-order valence-electron chi connectivity index (χ1n) is 6.14. The number of aromatic hydroxyl groups is 2. The Morgan fingerprint density at radius 1 is 1.05 bits per heavy atom. The highest BCUT2D eigenvalue weighted by molar-refractivity contribution is 7.92. The maximum absolute atomic E-state index is 12.2. The Balaban J connectivity index is 2.28. The van der Waals surface area contributed by atoms with E-state index in [1.54, 1.807) is 12.1 Å². The van der Waals surface area contributed by atoms with Gasteiger partial charge in [-0.3, -0.25) is 4.79 Å². The maximum Gasteiger partial charge on any atom is 0.185 e. The van der Waals surface area contributed by atoms with E-state index in [9.17, 15) is 18.3 Å². The number of ketones is 1. The van der Waals surface area contributed by atoms with Crippen LogP contribution in [0.3, 0.4) is 0 Å². The van der Waals surface area contributed by atoms with Crippen LogP contribution in [0.15, 0.2) is 47.4 Å². The highest BCUT2D eigenvalue weighted by Crippen LogP contribution is 2.24. The lowest BCUT2D eigenvalue weighted by Crippen LogP contribution is -2.16. The Bertz CT molecular complexity index is 776.